The van der Waals surface area contributed by atoms with Crippen molar-refractivity contribution in [2.75, 3.05) is 13.2 Å². The topological polar surface area (TPSA) is 314 Å². The number of rotatable bonds is 20. The van der Waals surface area contributed by atoms with Crippen LogP contribution in [0, 0.1) is 17.8 Å². The molecule has 0 bridgehead atoms. The molecule has 2 aliphatic heterocycles. The number of nitrogens with one attached hydrogen (secondary N) is 2. The minimum absolute atomic E-state index is 0.000230. The van der Waals surface area contributed by atoms with E-state index in [9.17, 15) is 62.8 Å². The maximum atomic E-state index is 13.8. The van der Waals surface area contributed by atoms with Crippen LogP contribution in [0.4, 0.5) is 0 Å². The largest absolute Gasteiger partial charge is 0.479 e. The van der Waals surface area contributed by atoms with E-state index in [1.165, 1.54) is 20.8 Å². The highest BCUT2D eigenvalue weighted by atomic mass is 32.2. The van der Waals surface area contributed by atoms with Gasteiger partial charge in [0, 0.05) is 32.2 Å². The van der Waals surface area contributed by atoms with Gasteiger partial charge in [-0.25, -0.2) is 4.79 Å². The maximum absolute atomic E-state index is 13.8. The fourth-order valence-electron chi connectivity index (χ4n) is 8.76. The number of hydrogen-bond acceptors (Lipinski definition) is 16. The van der Waals surface area contributed by atoms with Crippen molar-refractivity contribution in [3.8, 4) is 0 Å². The van der Waals surface area contributed by atoms with Crippen molar-refractivity contribution < 1.29 is 86.5 Å². The van der Waals surface area contributed by atoms with Gasteiger partial charge < -0.3 is 65.0 Å². The number of carboxylic acid groups (broad SMARTS) is 1. The molecule has 2 amide bonds. The molecule has 0 spiro atoms. The summed E-state index contributed by atoms with van der Waals surface area (Å²) >= 11 is 0. The van der Waals surface area contributed by atoms with Gasteiger partial charge in [0.25, 0.3) is 10.1 Å². The first kappa shape index (κ1) is 50.2. The van der Waals surface area contributed by atoms with Crippen LogP contribution in [0.1, 0.15) is 105 Å². The highest BCUT2D eigenvalue weighted by Gasteiger charge is 2.53. The van der Waals surface area contributed by atoms with E-state index in [2.05, 4.69) is 10.6 Å². The molecule has 21 heteroatoms. The lowest BCUT2D eigenvalue weighted by Crippen LogP contribution is -2.67. The highest BCUT2D eigenvalue weighted by Crippen LogP contribution is 2.40. The van der Waals surface area contributed by atoms with Crippen molar-refractivity contribution in [2.45, 2.75) is 190 Å². The minimum Gasteiger partial charge on any atom is -0.479 e. The van der Waals surface area contributed by atoms with Crippen LogP contribution in [-0.2, 0) is 53.0 Å². The molecule has 20 nitrogen and oxygen atoms in total. The molecular weight excluding hydrogens is 816 g/mol. The second kappa shape index (κ2) is 22.8. The van der Waals surface area contributed by atoms with Gasteiger partial charge in [0.2, 0.25) is 11.8 Å². The fraction of sp³-hybridized carbons (Fsp3) is 0.897. The van der Waals surface area contributed by atoms with Crippen molar-refractivity contribution in [3.05, 3.63) is 0 Å². The molecule has 0 aromatic rings. The first-order chi connectivity index (χ1) is 28.2. The van der Waals surface area contributed by atoms with E-state index in [0.717, 1.165) is 32.1 Å². The molecule has 0 radical (unpaired) electrons. The van der Waals surface area contributed by atoms with Gasteiger partial charge in [-0.3, -0.25) is 18.9 Å². The molecule has 2 heterocycles. The zero-order valence-corrected chi connectivity index (χ0v) is 35.6. The number of hydrogen-bond donors (Lipinski definition) is 9. The normalized spacial score (nSPS) is 36.5. The lowest BCUT2D eigenvalue weighted by Gasteiger charge is -2.49. The van der Waals surface area contributed by atoms with Gasteiger partial charge in [-0.2, -0.15) is 8.42 Å². The first-order valence-electron chi connectivity index (χ1n) is 21.1. The third-order valence-corrected chi connectivity index (χ3v) is 13.5. The van der Waals surface area contributed by atoms with E-state index in [4.69, 9.17) is 23.7 Å². The number of Topliss-reactive ketones (excluding diaryl/α,β-unsaturated/α-hetero) is 1. The van der Waals surface area contributed by atoms with Crippen LogP contribution in [0.5, 0.6) is 0 Å². The summed E-state index contributed by atoms with van der Waals surface area (Å²) in [4.78, 5) is 51.3. The summed E-state index contributed by atoms with van der Waals surface area (Å²) in [7, 11) is -4.41. The monoisotopic (exact) mass is 882 g/mol. The molecule has 9 N–H and O–H groups in total. The van der Waals surface area contributed by atoms with Gasteiger partial charge in [-0.1, -0.05) is 45.4 Å². The van der Waals surface area contributed by atoms with Gasteiger partial charge in [0.1, 0.15) is 48.4 Å². The summed E-state index contributed by atoms with van der Waals surface area (Å²) in [5, 5.41) is 67.7. The van der Waals surface area contributed by atoms with Crippen LogP contribution in [-0.4, -0.2) is 165 Å². The molecule has 2 aliphatic carbocycles. The van der Waals surface area contributed by atoms with Crippen molar-refractivity contribution in [3.63, 3.8) is 0 Å². The summed E-state index contributed by atoms with van der Waals surface area (Å²) in [5.74, 6) is -3.77. The number of carbonyl (C=O) groups is 4. The molecule has 60 heavy (non-hydrogen) atoms. The molecule has 2 saturated carbocycles. The summed E-state index contributed by atoms with van der Waals surface area (Å²) < 4.78 is 62.7. The van der Waals surface area contributed by atoms with E-state index in [1.54, 1.807) is 0 Å². The predicted molar refractivity (Wildman–Crippen MR) is 208 cm³/mol. The van der Waals surface area contributed by atoms with E-state index in [1.807, 2.05) is 6.92 Å². The number of carbonyl (C=O) groups excluding carboxylic acids is 3. The molecule has 4 aliphatic rings. The van der Waals surface area contributed by atoms with Crippen LogP contribution in [0.25, 0.3) is 0 Å². The Morgan fingerprint density at radius 3 is 2.18 bits per heavy atom. The van der Waals surface area contributed by atoms with Crippen molar-refractivity contribution in [1.82, 2.24) is 10.6 Å². The SMILES string of the molecule is CCC1CC(C(=O)CCCNC(=O)CC(C)S(=O)(=O)O)C[C@@H](O[C@@H]2OC(CO)[C@H](O)C(O[C@@H](CC3CCCCC3)C(=O)O)C2NC(C)=O)[C@@H]1O[C@@H]1OC(C)[C@@H](O)C(O)[C@@H]1O. The molecule has 16 atom stereocenters. The van der Waals surface area contributed by atoms with Gasteiger partial charge in [-0.15, -0.1) is 0 Å². The van der Waals surface area contributed by atoms with Crippen molar-refractivity contribution in [2.24, 2.45) is 17.8 Å². The van der Waals surface area contributed by atoms with Crippen LogP contribution >= 0.6 is 0 Å². The number of amides is 2. The lowest BCUT2D eigenvalue weighted by molar-refractivity contribution is -0.338. The quantitative estimate of drug-likeness (QED) is 0.0552. The number of ether oxygens (including phenoxy) is 5. The van der Waals surface area contributed by atoms with Gasteiger partial charge in [-0.05, 0) is 51.4 Å². The molecule has 4 rings (SSSR count). The summed E-state index contributed by atoms with van der Waals surface area (Å²) in [6, 6.07) is -1.34. The lowest BCUT2D eigenvalue weighted by atomic mass is 9.74. The van der Waals surface area contributed by atoms with Gasteiger partial charge in [0.05, 0.1) is 30.2 Å². The molecule has 346 valence electrons. The zero-order valence-electron chi connectivity index (χ0n) is 34.7. The zero-order chi connectivity index (χ0) is 44.5. The van der Waals surface area contributed by atoms with Gasteiger partial charge >= 0.3 is 5.97 Å². The van der Waals surface area contributed by atoms with E-state index in [0.29, 0.717) is 6.42 Å². The Kier molecular flexibility index (Phi) is 19.1. The number of aliphatic carboxylic acids is 1. The first-order valence-corrected chi connectivity index (χ1v) is 22.6. The second-order valence-corrected chi connectivity index (χ2v) is 18.7. The summed E-state index contributed by atoms with van der Waals surface area (Å²) in [5.41, 5.74) is 0. The average molecular weight is 883 g/mol. The molecule has 0 aromatic heterocycles. The smallest absolute Gasteiger partial charge is 0.332 e. The number of aliphatic hydroxyl groups is 5. The molecule has 4 fully saturated rings. The van der Waals surface area contributed by atoms with E-state index in [-0.39, 0.29) is 50.4 Å². The number of ketones is 1. The standard InChI is InChI=1S/C39H66N2O18S/c1-5-23-16-24(25(44)12-9-13-40-29(45)14-19(2)60(52,53)54)17-26(35(23)59-39-34(49)33(48)31(46)20(3)55-39)57-38-30(41-21(4)43)36(32(47)28(18-42)58-38)56-27(37(50)51)15-22-10-7-6-8-11-22/h19-20,22-24,26-28,30-36,38-39,42,46-49H,5-18H2,1-4H3,(H,40,45)(H,41,43)(H,50,51)(H,52,53,54)/t19?,20?,23?,24?,26-,27+,28?,30?,31-,32+,33?,34+,35-,36?,38-,39+/m1/s1. The fourth-order valence-corrected chi connectivity index (χ4v) is 9.12. The Labute approximate surface area is 350 Å². The number of carboxylic acids is 1. The second-order valence-electron chi connectivity index (χ2n) is 16.9. The Balaban J connectivity index is 1.60. The Morgan fingerprint density at radius 2 is 1.58 bits per heavy atom. The molecule has 0 aromatic carbocycles. The Hall–Kier alpha value is -2.41. The highest BCUT2D eigenvalue weighted by molar-refractivity contribution is 7.86. The van der Waals surface area contributed by atoms with Crippen molar-refractivity contribution in [1.29, 1.82) is 0 Å². The Bertz CT molecular complexity index is 1530. The van der Waals surface area contributed by atoms with Gasteiger partial charge in [0.15, 0.2) is 18.7 Å². The predicted octanol–water partition coefficient (Wildman–Crippen LogP) is -0.456. The minimum atomic E-state index is -4.41. The number of aliphatic hydroxyl groups excluding tert-OH is 5. The maximum Gasteiger partial charge on any atom is 0.332 e. The summed E-state index contributed by atoms with van der Waals surface area (Å²) in [6.07, 6.45) is -11.5. The average Bonchev–Trinajstić information content (AvgIpc) is 3.19. The van der Waals surface area contributed by atoms with Crippen LogP contribution in [0.2, 0.25) is 0 Å². The molecule has 8 unspecified atom stereocenters. The van der Waals surface area contributed by atoms with E-state index >= 15 is 0 Å². The van der Waals surface area contributed by atoms with Crippen molar-refractivity contribution >= 4 is 33.7 Å². The Morgan fingerprint density at radius 1 is 0.900 bits per heavy atom. The third-order valence-electron chi connectivity index (χ3n) is 12.3. The molecular formula is C39H66N2O18S. The third kappa shape index (κ3) is 13.5. The molecule has 2 saturated heterocycles. The van der Waals surface area contributed by atoms with E-state index < -0.39 is 138 Å². The van der Waals surface area contributed by atoms with Crippen LogP contribution < -0.4 is 10.6 Å². The summed E-state index contributed by atoms with van der Waals surface area (Å²) in [6.45, 7) is 5.01. The van der Waals surface area contributed by atoms with Crippen LogP contribution in [0.3, 0.4) is 0 Å². The van der Waals surface area contributed by atoms with Crippen LogP contribution in [0.15, 0.2) is 0 Å².